The van der Waals surface area contributed by atoms with Gasteiger partial charge < -0.3 is 5.32 Å². The summed E-state index contributed by atoms with van der Waals surface area (Å²) < 4.78 is 22.3. The van der Waals surface area contributed by atoms with E-state index in [-0.39, 0.29) is 4.90 Å². The maximum absolute atomic E-state index is 11.1. The van der Waals surface area contributed by atoms with Crippen LogP contribution in [0, 0.1) is 5.92 Å². The van der Waals surface area contributed by atoms with Crippen molar-refractivity contribution < 1.29 is 8.42 Å². The summed E-state index contributed by atoms with van der Waals surface area (Å²) in [6.45, 7) is 3.00. The highest BCUT2D eigenvalue weighted by Gasteiger charge is 2.20. The second-order valence-electron chi connectivity index (χ2n) is 5.40. The molecule has 1 aromatic rings. The third-order valence-electron chi connectivity index (χ3n) is 3.99. The van der Waals surface area contributed by atoms with Crippen LogP contribution >= 0.6 is 0 Å². The second kappa shape index (κ2) is 6.03. The standard InChI is InChI=1S/C14H22N2O2S/c1-11(13-4-2-3-5-13)16-10-12-6-8-14(9-7-12)19(15,17)18/h6-9,11,13,16H,2-5,10H2,1H3,(H2,15,17,18). The molecule has 0 aliphatic heterocycles. The van der Waals surface area contributed by atoms with Crippen molar-refractivity contribution in [2.45, 2.75) is 50.1 Å². The van der Waals surface area contributed by atoms with Crippen LogP contribution < -0.4 is 10.5 Å². The minimum Gasteiger partial charge on any atom is -0.310 e. The van der Waals surface area contributed by atoms with Crippen LogP contribution in [0.2, 0.25) is 0 Å². The van der Waals surface area contributed by atoms with Gasteiger partial charge in [0, 0.05) is 12.6 Å². The van der Waals surface area contributed by atoms with Gasteiger partial charge in [-0.2, -0.15) is 0 Å². The number of nitrogens with one attached hydrogen (secondary N) is 1. The maximum Gasteiger partial charge on any atom is 0.238 e. The van der Waals surface area contributed by atoms with Crippen LogP contribution in [-0.4, -0.2) is 14.5 Å². The Morgan fingerprint density at radius 1 is 1.26 bits per heavy atom. The monoisotopic (exact) mass is 282 g/mol. The number of nitrogens with two attached hydrogens (primary N) is 1. The molecule has 1 saturated carbocycles. The van der Waals surface area contributed by atoms with E-state index < -0.39 is 10.0 Å². The van der Waals surface area contributed by atoms with Crippen LogP contribution in [0.3, 0.4) is 0 Å². The van der Waals surface area contributed by atoms with Crippen LogP contribution in [0.1, 0.15) is 38.2 Å². The fraction of sp³-hybridized carbons (Fsp3) is 0.571. The summed E-state index contributed by atoms with van der Waals surface area (Å²) in [4.78, 5) is 0.167. The molecule has 0 saturated heterocycles. The van der Waals surface area contributed by atoms with Gasteiger partial charge in [-0.1, -0.05) is 25.0 Å². The smallest absolute Gasteiger partial charge is 0.238 e. The van der Waals surface area contributed by atoms with Crippen molar-refractivity contribution in [3.05, 3.63) is 29.8 Å². The Morgan fingerprint density at radius 2 is 1.84 bits per heavy atom. The van der Waals surface area contributed by atoms with E-state index >= 15 is 0 Å². The molecule has 0 radical (unpaired) electrons. The van der Waals surface area contributed by atoms with Crippen molar-refractivity contribution >= 4 is 10.0 Å². The molecular formula is C14H22N2O2S. The summed E-state index contributed by atoms with van der Waals surface area (Å²) in [6.07, 6.45) is 5.33. The van der Waals surface area contributed by atoms with Gasteiger partial charge in [-0.05, 0) is 43.4 Å². The predicted octanol–water partition coefficient (Wildman–Crippen LogP) is 2.00. The fourth-order valence-electron chi connectivity index (χ4n) is 2.70. The molecule has 0 spiro atoms. The number of primary sulfonamides is 1. The Morgan fingerprint density at radius 3 is 2.37 bits per heavy atom. The summed E-state index contributed by atoms with van der Waals surface area (Å²) in [7, 11) is -3.58. The molecule has 2 rings (SSSR count). The van der Waals surface area contributed by atoms with Crippen LogP contribution in [0.15, 0.2) is 29.2 Å². The van der Waals surface area contributed by atoms with Crippen molar-refractivity contribution in [1.82, 2.24) is 5.32 Å². The van der Waals surface area contributed by atoms with Gasteiger partial charge in [0.05, 0.1) is 4.90 Å². The highest BCUT2D eigenvalue weighted by molar-refractivity contribution is 7.89. The molecular weight excluding hydrogens is 260 g/mol. The highest BCUT2D eigenvalue weighted by Crippen LogP contribution is 2.27. The predicted molar refractivity (Wildman–Crippen MR) is 76.1 cm³/mol. The van der Waals surface area contributed by atoms with Crippen molar-refractivity contribution in [3.8, 4) is 0 Å². The van der Waals surface area contributed by atoms with E-state index in [1.807, 2.05) is 12.1 Å². The molecule has 1 atom stereocenters. The summed E-state index contributed by atoms with van der Waals surface area (Å²) in [5.41, 5.74) is 1.08. The van der Waals surface area contributed by atoms with Crippen LogP contribution in [0.4, 0.5) is 0 Å². The number of hydrogen-bond acceptors (Lipinski definition) is 3. The third kappa shape index (κ3) is 4.03. The average molecular weight is 282 g/mol. The number of rotatable bonds is 5. The van der Waals surface area contributed by atoms with Crippen LogP contribution in [-0.2, 0) is 16.6 Å². The molecule has 1 aliphatic rings. The van der Waals surface area contributed by atoms with Crippen molar-refractivity contribution in [1.29, 1.82) is 0 Å². The Hall–Kier alpha value is -0.910. The molecule has 1 unspecified atom stereocenters. The molecule has 0 amide bonds. The van der Waals surface area contributed by atoms with E-state index in [1.54, 1.807) is 12.1 Å². The molecule has 3 N–H and O–H groups in total. The van der Waals surface area contributed by atoms with Gasteiger partial charge in [-0.25, -0.2) is 13.6 Å². The molecule has 0 aromatic heterocycles. The number of sulfonamides is 1. The number of hydrogen-bond donors (Lipinski definition) is 2. The number of benzene rings is 1. The lowest BCUT2D eigenvalue weighted by molar-refractivity contribution is 0.380. The first kappa shape index (κ1) is 14.5. The van der Waals surface area contributed by atoms with Gasteiger partial charge >= 0.3 is 0 Å². The second-order valence-corrected chi connectivity index (χ2v) is 6.96. The zero-order valence-corrected chi connectivity index (χ0v) is 12.1. The molecule has 4 nitrogen and oxygen atoms in total. The van der Waals surface area contributed by atoms with E-state index in [1.165, 1.54) is 25.7 Å². The minimum absolute atomic E-state index is 0.167. The summed E-state index contributed by atoms with van der Waals surface area (Å²) in [5, 5.41) is 8.59. The molecule has 19 heavy (non-hydrogen) atoms. The minimum atomic E-state index is -3.58. The third-order valence-corrected chi connectivity index (χ3v) is 4.92. The zero-order chi connectivity index (χ0) is 13.9. The van der Waals surface area contributed by atoms with Crippen molar-refractivity contribution in [2.75, 3.05) is 0 Å². The lowest BCUT2D eigenvalue weighted by atomic mass is 9.99. The SMILES string of the molecule is CC(NCc1ccc(S(N)(=O)=O)cc1)C1CCCC1. The zero-order valence-electron chi connectivity index (χ0n) is 11.3. The topological polar surface area (TPSA) is 72.2 Å². The largest absolute Gasteiger partial charge is 0.310 e. The van der Waals surface area contributed by atoms with E-state index in [0.717, 1.165) is 18.0 Å². The van der Waals surface area contributed by atoms with Gasteiger partial charge in [0.25, 0.3) is 0 Å². The molecule has 0 bridgehead atoms. The Labute approximate surface area is 115 Å². The van der Waals surface area contributed by atoms with Gasteiger partial charge in [0.1, 0.15) is 0 Å². The normalized spacial score (nSPS) is 18.6. The summed E-state index contributed by atoms with van der Waals surface area (Å²) in [6, 6.07) is 7.27. The molecule has 1 fully saturated rings. The van der Waals surface area contributed by atoms with Gasteiger partial charge in [0.2, 0.25) is 10.0 Å². The van der Waals surface area contributed by atoms with E-state index in [0.29, 0.717) is 6.04 Å². The van der Waals surface area contributed by atoms with Gasteiger partial charge in [-0.15, -0.1) is 0 Å². The lowest BCUT2D eigenvalue weighted by Gasteiger charge is -2.20. The van der Waals surface area contributed by atoms with Gasteiger partial charge in [0.15, 0.2) is 0 Å². The maximum atomic E-state index is 11.1. The molecule has 1 aromatic carbocycles. The highest BCUT2D eigenvalue weighted by atomic mass is 32.2. The first-order valence-electron chi connectivity index (χ1n) is 6.82. The Balaban J connectivity index is 1.89. The Kier molecular flexibility index (Phi) is 4.60. The van der Waals surface area contributed by atoms with Crippen molar-refractivity contribution in [2.24, 2.45) is 11.1 Å². The van der Waals surface area contributed by atoms with E-state index in [2.05, 4.69) is 12.2 Å². The van der Waals surface area contributed by atoms with Crippen molar-refractivity contribution in [3.63, 3.8) is 0 Å². The summed E-state index contributed by atoms with van der Waals surface area (Å²) >= 11 is 0. The summed E-state index contributed by atoms with van der Waals surface area (Å²) in [5.74, 6) is 0.781. The molecule has 106 valence electrons. The molecule has 5 heteroatoms. The van der Waals surface area contributed by atoms with E-state index in [4.69, 9.17) is 5.14 Å². The van der Waals surface area contributed by atoms with Crippen LogP contribution in [0.25, 0.3) is 0 Å². The molecule has 1 aliphatic carbocycles. The quantitative estimate of drug-likeness (QED) is 0.867. The van der Waals surface area contributed by atoms with Gasteiger partial charge in [-0.3, -0.25) is 0 Å². The van der Waals surface area contributed by atoms with E-state index in [9.17, 15) is 8.42 Å². The fourth-order valence-corrected chi connectivity index (χ4v) is 3.22. The Bertz CT molecular complexity index is 505. The molecule has 0 heterocycles. The first-order chi connectivity index (χ1) is 8.97. The van der Waals surface area contributed by atoms with Crippen LogP contribution in [0.5, 0.6) is 0 Å². The lowest BCUT2D eigenvalue weighted by Crippen LogP contribution is -2.31. The average Bonchev–Trinajstić information content (AvgIpc) is 2.89. The first-order valence-corrected chi connectivity index (χ1v) is 8.36.